The number of rotatable bonds is 7. The Bertz CT molecular complexity index is 685. The van der Waals surface area contributed by atoms with Crippen LogP contribution in [0.25, 0.3) is 0 Å². The molecule has 6 nitrogen and oxygen atoms in total. The summed E-state index contributed by atoms with van der Waals surface area (Å²) in [5, 5.41) is 3.04. The molecule has 2 heterocycles. The highest BCUT2D eigenvalue weighted by Gasteiger charge is 2.18. The molecule has 2 rings (SSSR count). The predicted molar refractivity (Wildman–Crippen MR) is 82.0 cm³/mol. The molecule has 0 aliphatic heterocycles. The average molecular weight is 329 g/mol. The Morgan fingerprint density at radius 1 is 1.33 bits per heavy atom. The molecule has 0 saturated heterocycles. The molecule has 0 fully saturated rings. The smallest absolute Gasteiger partial charge is 0.250 e. The van der Waals surface area contributed by atoms with Crippen molar-refractivity contribution in [3.63, 3.8) is 0 Å². The Hall–Kier alpha value is -1.22. The molecule has 0 bridgehead atoms. The summed E-state index contributed by atoms with van der Waals surface area (Å²) in [5.74, 6) is 1.08. The van der Waals surface area contributed by atoms with Crippen LogP contribution in [0.3, 0.4) is 0 Å². The minimum atomic E-state index is -3.52. The number of likely N-dealkylation sites (N-methyl/N-ethyl adjacent to an activating group) is 1. The van der Waals surface area contributed by atoms with E-state index in [-0.39, 0.29) is 6.54 Å². The second kappa shape index (κ2) is 6.69. The zero-order valence-electron chi connectivity index (χ0n) is 12.3. The number of thiophene rings is 1. The van der Waals surface area contributed by atoms with Crippen molar-refractivity contribution in [3.8, 4) is 0 Å². The normalized spacial score (nSPS) is 12.0. The van der Waals surface area contributed by atoms with E-state index in [9.17, 15) is 8.42 Å². The summed E-state index contributed by atoms with van der Waals surface area (Å²) < 4.78 is 32.6. The van der Waals surface area contributed by atoms with Crippen LogP contribution in [-0.2, 0) is 23.0 Å². The van der Waals surface area contributed by atoms with E-state index in [2.05, 4.69) is 15.0 Å². The predicted octanol–water partition coefficient (Wildman–Crippen LogP) is 1.59. The Kier molecular flexibility index (Phi) is 5.15. The van der Waals surface area contributed by atoms with Crippen molar-refractivity contribution in [2.24, 2.45) is 0 Å². The van der Waals surface area contributed by atoms with Crippen LogP contribution in [0.1, 0.15) is 22.2 Å². The second-order valence-electron chi connectivity index (χ2n) is 4.65. The molecular weight excluding hydrogens is 310 g/mol. The molecule has 0 aliphatic carbocycles. The van der Waals surface area contributed by atoms with E-state index >= 15 is 0 Å². The lowest BCUT2D eigenvalue weighted by Crippen LogP contribution is -2.22. The number of hydrogen-bond donors (Lipinski definition) is 2. The minimum absolute atomic E-state index is 0.0563. The summed E-state index contributed by atoms with van der Waals surface area (Å²) in [6.45, 7) is 4.50. The van der Waals surface area contributed by atoms with Crippen molar-refractivity contribution in [2.45, 2.75) is 31.0 Å². The number of nitrogens with zero attached hydrogens (tertiary/aromatic N) is 1. The zero-order valence-corrected chi connectivity index (χ0v) is 13.9. The first-order valence-corrected chi connectivity index (χ1v) is 8.88. The molecule has 116 valence electrons. The van der Waals surface area contributed by atoms with Crippen LogP contribution in [0.4, 0.5) is 0 Å². The average Bonchev–Trinajstić information content (AvgIpc) is 3.03. The van der Waals surface area contributed by atoms with Gasteiger partial charge in [-0.1, -0.05) is 0 Å². The van der Waals surface area contributed by atoms with Crippen LogP contribution < -0.4 is 10.0 Å². The van der Waals surface area contributed by atoms with Crippen LogP contribution in [0.5, 0.6) is 0 Å². The van der Waals surface area contributed by atoms with Gasteiger partial charge < -0.3 is 9.73 Å². The molecule has 0 unspecified atom stereocenters. The van der Waals surface area contributed by atoms with E-state index < -0.39 is 10.0 Å². The Morgan fingerprint density at radius 2 is 2.10 bits per heavy atom. The fraction of sp³-hybridized carbons (Fsp3) is 0.462. The molecule has 0 saturated carbocycles. The molecule has 2 N–H and O–H groups in total. The zero-order chi connectivity index (χ0) is 15.5. The third-order valence-electron chi connectivity index (χ3n) is 3.01. The van der Waals surface area contributed by atoms with Crippen molar-refractivity contribution in [2.75, 3.05) is 13.6 Å². The topological polar surface area (TPSA) is 84.2 Å². The third-order valence-corrected chi connectivity index (χ3v) is 6.05. The number of oxazole rings is 1. The highest BCUT2D eigenvalue weighted by Crippen LogP contribution is 2.22. The number of nitrogens with one attached hydrogen (secondary N) is 2. The lowest BCUT2D eigenvalue weighted by Gasteiger charge is -2.01. The number of aromatic nitrogens is 1. The van der Waals surface area contributed by atoms with Gasteiger partial charge in [0.25, 0.3) is 10.0 Å². The highest BCUT2D eigenvalue weighted by atomic mass is 32.2. The summed E-state index contributed by atoms with van der Waals surface area (Å²) in [4.78, 5) is 5.19. The standard InChI is InChI=1S/C13H19N3O3S2/c1-9-10(2)19-12(16-9)8-15-21(17,18)13-5-4-11(20-13)6-7-14-3/h4-5,14-15H,6-8H2,1-3H3. The molecule has 0 aromatic carbocycles. The number of hydrogen-bond acceptors (Lipinski definition) is 6. The molecule has 2 aromatic heterocycles. The van der Waals surface area contributed by atoms with E-state index in [4.69, 9.17) is 4.42 Å². The van der Waals surface area contributed by atoms with Gasteiger partial charge in [-0.25, -0.2) is 18.1 Å². The van der Waals surface area contributed by atoms with Gasteiger partial charge in [0.15, 0.2) is 0 Å². The van der Waals surface area contributed by atoms with Gasteiger partial charge in [0.05, 0.1) is 12.2 Å². The molecule has 0 amide bonds. The van der Waals surface area contributed by atoms with Gasteiger partial charge in [-0.3, -0.25) is 0 Å². The summed E-state index contributed by atoms with van der Waals surface area (Å²) in [7, 11) is -1.65. The van der Waals surface area contributed by atoms with E-state index in [1.807, 2.05) is 20.0 Å². The Morgan fingerprint density at radius 3 is 2.71 bits per heavy atom. The fourth-order valence-corrected chi connectivity index (χ4v) is 4.10. The van der Waals surface area contributed by atoms with Crippen LogP contribution in [-0.4, -0.2) is 27.0 Å². The molecule has 2 aromatic rings. The van der Waals surface area contributed by atoms with E-state index in [0.717, 1.165) is 23.5 Å². The van der Waals surface area contributed by atoms with Gasteiger partial charge in [-0.2, -0.15) is 0 Å². The molecule has 8 heteroatoms. The third kappa shape index (κ3) is 4.13. The highest BCUT2D eigenvalue weighted by molar-refractivity contribution is 7.91. The van der Waals surface area contributed by atoms with Crippen molar-refractivity contribution in [1.29, 1.82) is 0 Å². The van der Waals surface area contributed by atoms with Crippen molar-refractivity contribution in [1.82, 2.24) is 15.0 Å². The summed E-state index contributed by atoms with van der Waals surface area (Å²) in [6, 6.07) is 3.47. The first-order valence-electron chi connectivity index (χ1n) is 6.58. The van der Waals surface area contributed by atoms with E-state index in [0.29, 0.717) is 15.9 Å². The van der Waals surface area contributed by atoms with Crippen molar-refractivity contribution >= 4 is 21.4 Å². The Labute approximate surface area is 128 Å². The lowest BCUT2D eigenvalue weighted by atomic mass is 10.3. The Balaban J connectivity index is 2.02. The fourth-order valence-electron chi connectivity index (χ4n) is 1.73. The molecular formula is C13H19N3O3S2. The summed E-state index contributed by atoms with van der Waals surface area (Å²) >= 11 is 1.28. The van der Waals surface area contributed by atoms with Crippen LogP contribution in [0.15, 0.2) is 20.8 Å². The summed E-state index contributed by atoms with van der Waals surface area (Å²) in [6.07, 6.45) is 0.814. The van der Waals surface area contributed by atoms with Gasteiger partial charge in [0, 0.05) is 4.88 Å². The van der Waals surface area contributed by atoms with Crippen molar-refractivity contribution < 1.29 is 12.8 Å². The molecule has 0 radical (unpaired) electrons. The first kappa shape index (κ1) is 16.2. The van der Waals surface area contributed by atoms with Gasteiger partial charge in [0.2, 0.25) is 5.89 Å². The molecule has 0 aliphatic rings. The largest absolute Gasteiger partial charge is 0.444 e. The lowest BCUT2D eigenvalue weighted by molar-refractivity contribution is 0.463. The second-order valence-corrected chi connectivity index (χ2v) is 7.81. The van der Waals surface area contributed by atoms with Crippen LogP contribution in [0.2, 0.25) is 0 Å². The van der Waals surface area contributed by atoms with Gasteiger partial charge in [-0.15, -0.1) is 11.3 Å². The molecule has 21 heavy (non-hydrogen) atoms. The SMILES string of the molecule is CNCCc1ccc(S(=O)(=O)NCc2nc(C)c(C)o2)s1. The maximum absolute atomic E-state index is 12.2. The van der Waals surface area contributed by atoms with E-state index in [1.165, 1.54) is 11.3 Å². The van der Waals surface area contributed by atoms with Crippen molar-refractivity contribution in [3.05, 3.63) is 34.4 Å². The van der Waals surface area contributed by atoms with Gasteiger partial charge >= 0.3 is 0 Å². The number of aryl methyl sites for hydroxylation is 2. The maximum atomic E-state index is 12.2. The van der Waals surface area contributed by atoms with Crippen LogP contribution in [0, 0.1) is 13.8 Å². The van der Waals surface area contributed by atoms with E-state index in [1.54, 1.807) is 13.0 Å². The first-order chi connectivity index (χ1) is 9.92. The van der Waals surface area contributed by atoms with Crippen LogP contribution >= 0.6 is 11.3 Å². The minimum Gasteiger partial charge on any atom is -0.444 e. The summed E-state index contributed by atoms with van der Waals surface area (Å²) in [5.41, 5.74) is 0.773. The maximum Gasteiger partial charge on any atom is 0.250 e. The van der Waals surface area contributed by atoms with Gasteiger partial charge in [-0.05, 0) is 46.0 Å². The molecule has 0 spiro atoms. The monoisotopic (exact) mass is 329 g/mol. The quantitative estimate of drug-likeness (QED) is 0.806. The van der Waals surface area contributed by atoms with Gasteiger partial charge in [0.1, 0.15) is 9.97 Å². The number of sulfonamides is 1. The molecule has 0 atom stereocenters.